The average Bonchev–Trinajstić information content (AvgIpc) is 2.22. The molecule has 0 saturated heterocycles. The van der Waals surface area contributed by atoms with Gasteiger partial charge < -0.3 is 9.47 Å². The maximum atomic E-state index is 13.0. The van der Waals surface area contributed by atoms with Crippen LogP contribution in [0.5, 0.6) is 5.75 Å². The molecule has 0 aromatic heterocycles. The zero-order valence-electron chi connectivity index (χ0n) is 8.13. The first-order chi connectivity index (χ1) is 7.20. The molecule has 0 unspecified atom stereocenters. The van der Waals surface area contributed by atoms with E-state index in [-0.39, 0.29) is 16.3 Å². The van der Waals surface area contributed by atoms with E-state index in [0.29, 0.717) is 19.5 Å². The van der Waals surface area contributed by atoms with Gasteiger partial charge in [-0.25, -0.2) is 4.39 Å². The maximum absolute atomic E-state index is 13.0. The molecule has 1 rings (SSSR count). The average molecular weight is 233 g/mol. The lowest BCUT2D eigenvalue weighted by Crippen LogP contribution is -2.05. The molecule has 0 bridgehead atoms. The second-order valence-electron chi connectivity index (χ2n) is 2.73. The summed E-state index contributed by atoms with van der Waals surface area (Å²) in [6.45, 7) is 0.685. The van der Waals surface area contributed by atoms with Gasteiger partial charge in [0.2, 0.25) is 0 Å². The third-order valence-electron chi connectivity index (χ3n) is 1.75. The molecular formula is C10H10ClFO3. The highest BCUT2D eigenvalue weighted by Gasteiger charge is 2.11. The number of methoxy groups -OCH3 is 1. The Bertz CT molecular complexity index is 355. The van der Waals surface area contributed by atoms with Crippen molar-refractivity contribution in [3.8, 4) is 5.75 Å². The monoisotopic (exact) mass is 232 g/mol. The van der Waals surface area contributed by atoms with E-state index in [1.54, 1.807) is 0 Å². The summed E-state index contributed by atoms with van der Waals surface area (Å²) in [4.78, 5) is 10.5. The van der Waals surface area contributed by atoms with Crippen LogP contribution in [0.4, 0.5) is 4.39 Å². The first-order valence-electron chi connectivity index (χ1n) is 4.25. The van der Waals surface area contributed by atoms with Gasteiger partial charge in [-0.3, -0.25) is 4.79 Å². The van der Waals surface area contributed by atoms with Crippen LogP contribution in [0.15, 0.2) is 12.1 Å². The van der Waals surface area contributed by atoms with E-state index in [2.05, 4.69) is 0 Å². The number of aldehydes is 1. The molecule has 15 heavy (non-hydrogen) atoms. The van der Waals surface area contributed by atoms with Crippen LogP contribution in [0.25, 0.3) is 0 Å². The van der Waals surface area contributed by atoms with Crippen molar-refractivity contribution >= 4 is 17.9 Å². The molecule has 5 heteroatoms. The van der Waals surface area contributed by atoms with Gasteiger partial charge in [-0.1, -0.05) is 11.6 Å². The number of halogens is 2. The van der Waals surface area contributed by atoms with Crippen LogP contribution in [0.3, 0.4) is 0 Å². The third-order valence-corrected chi connectivity index (χ3v) is 2.14. The van der Waals surface area contributed by atoms with Gasteiger partial charge in [-0.05, 0) is 12.1 Å². The van der Waals surface area contributed by atoms with Crippen LogP contribution in [0, 0.1) is 5.82 Å². The Kier molecular flexibility index (Phi) is 4.52. The van der Waals surface area contributed by atoms with E-state index in [0.717, 1.165) is 6.07 Å². The predicted octanol–water partition coefficient (Wildman–Crippen LogP) is 2.32. The zero-order chi connectivity index (χ0) is 11.3. The molecule has 0 N–H and O–H groups in total. The fraction of sp³-hybridized carbons (Fsp3) is 0.300. The number of carbonyl (C=O) groups is 1. The lowest BCUT2D eigenvalue weighted by atomic mass is 10.2. The summed E-state index contributed by atoms with van der Waals surface area (Å²) in [5.74, 6) is -0.383. The van der Waals surface area contributed by atoms with Crippen molar-refractivity contribution in [1.29, 1.82) is 0 Å². The van der Waals surface area contributed by atoms with Crippen LogP contribution < -0.4 is 4.74 Å². The SMILES string of the molecule is COCCOc1ccc(F)c(C=O)c1Cl. The number of hydrogen-bond acceptors (Lipinski definition) is 3. The van der Waals surface area contributed by atoms with E-state index in [1.165, 1.54) is 13.2 Å². The summed E-state index contributed by atoms with van der Waals surface area (Å²) < 4.78 is 23.0. The topological polar surface area (TPSA) is 35.5 Å². The molecule has 1 aromatic carbocycles. The molecule has 0 aliphatic heterocycles. The van der Waals surface area contributed by atoms with Gasteiger partial charge in [0.1, 0.15) is 18.2 Å². The van der Waals surface area contributed by atoms with Crippen LogP contribution in [-0.2, 0) is 4.74 Å². The number of benzene rings is 1. The van der Waals surface area contributed by atoms with Crippen molar-refractivity contribution in [2.24, 2.45) is 0 Å². The highest BCUT2D eigenvalue weighted by Crippen LogP contribution is 2.28. The second-order valence-corrected chi connectivity index (χ2v) is 3.11. The first-order valence-corrected chi connectivity index (χ1v) is 4.63. The summed E-state index contributed by atoms with van der Waals surface area (Å²) in [6, 6.07) is 2.51. The van der Waals surface area contributed by atoms with Crippen molar-refractivity contribution in [1.82, 2.24) is 0 Å². The molecule has 3 nitrogen and oxygen atoms in total. The minimum absolute atomic E-state index is 0.0129. The van der Waals surface area contributed by atoms with Gasteiger partial charge >= 0.3 is 0 Å². The number of rotatable bonds is 5. The van der Waals surface area contributed by atoms with Crippen molar-refractivity contribution in [3.05, 3.63) is 28.5 Å². The molecule has 0 aliphatic rings. The smallest absolute Gasteiger partial charge is 0.154 e. The molecule has 0 aliphatic carbocycles. The lowest BCUT2D eigenvalue weighted by Gasteiger charge is -2.08. The third kappa shape index (κ3) is 2.91. The van der Waals surface area contributed by atoms with Gasteiger partial charge in [-0.15, -0.1) is 0 Å². The minimum Gasteiger partial charge on any atom is -0.490 e. The molecule has 0 heterocycles. The Morgan fingerprint density at radius 3 is 2.80 bits per heavy atom. The Balaban J connectivity index is 2.85. The first kappa shape index (κ1) is 11.9. The maximum Gasteiger partial charge on any atom is 0.154 e. The van der Waals surface area contributed by atoms with Gasteiger partial charge in [0.05, 0.1) is 17.2 Å². The Hall–Kier alpha value is -1.13. The lowest BCUT2D eigenvalue weighted by molar-refractivity contribution is 0.111. The van der Waals surface area contributed by atoms with Crippen LogP contribution in [-0.4, -0.2) is 26.6 Å². The number of hydrogen-bond donors (Lipinski definition) is 0. The molecule has 0 saturated carbocycles. The summed E-state index contributed by atoms with van der Waals surface area (Å²) in [5, 5.41) is -0.0129. The van der Waals surface area contributed by atoms with Crippen LogP contribution >= 0.6 is 11.6 Å². The largest absolute Gasteiger partial charge is 0.490 e. The van der Waals surface area contributed by atoms with E-state index >= 15 is 0 Å². The van der Waals surface area contributed by atoms with Crippen LogP contribution in [0.1, 0.15) is 10.4 Å². The molecule has 0 radical (unpaired) electrons. The summed E-state index contributed by atoms with van der Waals surface area (Å²) in [5.41, 5.74) is -0.188. The quantitative estimate of drug-likeness (QED) is 0.577. The van der Waals surface area contributed by atoms with Crippen molar-refractivity contribution in [3.63, 3.8) is 0 Å². The molecule has 82 valence electrons. The standard InChI is InChI=1S/C10H10ClFO3/c1-14-4-5-15-9-3-2-8(12)7(6-13)10(9)11/h2-3,6H,4-5H2,1H3. The summed E-state index contributed by atoms with van der Waals surface area (Å²) >= 11 is 5.76. The van der Waals surface area contributed by atoms with Crippen LogP contribution in [0.2, 0.25) is 5.02 Å². The molecule has 1 aromatic rings. The Morgan fingerprint density at radius 2 is 2.20 bits per heavy atom. The van der Waals surface area contributed by atoms with Gasteiger partial charge in [-0.2, -0.15) is 0 Å². The Labute approximate surface area is 91.7 Å². The fourth-order valence-electron chi connectivity index (χ4n) is 1.00. The summed E-state index contributed by atoms with van der Waals surface area (Å²) in [6.07, 6.45) is 0.362. The van der Waals surface area contributed by atoms with E-state index in [4.69, 9.17) is 21.1 Å². The molecule has 0 atom stereocenters. The minimum atomic E-state index is -0.658. The number of carbonyl (C=O) groups excluding carboxylic acids is 1. The fourth-order valence-corrected chi connectivity index (χ4v) is 1.26. The van der Waals surface area contributed by atoms with Gasteiger partial charge in [0.25, 0.3) is 0 Å². The Morgan fingerprint density at radius 1 is 1.47 bits per heavy atom. The zero-order valence-corrected chi connectivity index (χ0v) is 8.88. The van der Waals surface area contributed by atoms with Crippen molar-refractivity contribution in [2.45, 2.75) is 0 Å². The predicted molar refractivity (Wildman–Crippen MR) is 54.2 cm³/mol. The number of ether oxygens (including phenoxy) is 2. The van der Waals surface area contributed by atoms with E-state index < -0.39 is 5.82 Å². The molecule has 0 fully saturated rings. The highest BCUT2D eigenvalue weighted by molar-refractivity contribution is 6.34. The normalized spacial score (nSPS) is 10.1. The van der Waals surface area contributed by atoms with Gasteiger partial charge in [0.15, 0.2) is 6.29 Å². The van der Waals surface area contributed by atoms with Crippen molar-refractivity contribution < 1.29 is 18.7 Å². The molecule has 0 spiro atoms. The second kappa shape index (κ2) is 5.68. The van der Waals surface area contributed by atoms with Gasteiger partial charge in [0, 0.05) is 7.11 Å². The van der Waals surface area contributed by atoms with E-state index in [1.807, 2.05) is 0 Å². The van der Waals surface area contributed by atoms with E-state index in [9.17, 15) is 9.18 Å². The molecule has 0 amide bonds. The summed E-state index contributed by atoms with van der Waals surface area (Å²) in [7, 11) is 1.53. The molecular weight excluding hydrogens is 223 g/mol. The van der Waals surface area contributed by atoms with Crippen molar-refractivity contribution in [2.75, 3.05) is 20.3 Å². The highest BCUT2D eigenvalue weighted by atomic mass is 35.5.